The summed E-state index contributed by atoms with van der Waals surface area (Å²) in [6.45, 7) is 5.39. The Morgan fingerprint density at radius 1 is 1.55 bits per heavy atom. The maximum atomic E-state index is 8.43. The van der Waals surface area contributed by atoms with Crippen LogP contribution in [0, 0.1) is 11.3 Å². The van der Waals surface area contributed by atoms with E-state index in [0.717, 1.165) is 6.54 Å². The van der Waals surface area contributed by atoms with Crippen LogP contribution < -0.4 is 0 Å². The summed E-state index contributed by atoms with van der Waals surface area (Å²) < 4.78 is 0. The Bertz CT molecular complexity index is 126. The van der Waals surface area contributed by atoms with E-state index >= 15 is 0 Å². The largest absolute Gasteiger partial charge is 0.303 e. The first-order chi connectivity index (χ1) is 5.22. The standard InChI is InChI=1S/C9H18N2/c1-4-5-8-11(3)9(2)6-7-10/h9H,4-6,8H2,1-3H3. The molecule has 0 radical (unpaired) electrons. The first-order valence-electron chi connectivity index (χ1n) is 4.29. The second-order valence-corrected chi connectivity index (χ2v) is 3.05. The maximum absolute atomic E-state index is 8.43. The van der Waals surface area contributed by atoms with Crippen molar-refractivity contribution < 1.29 is 0 Å². The van der Waals surface area contributed by atoms with Gasteiger partial charge in [0, 0.05) is 6.04 Å². The molecule has 0 aliphatic carbocycles. The minimum absolute atomic E-state index is 0.409. The van der Waals surface area contributed by atoms with Gasteiger partial charge < -0.3 is 4.90 Å². The minimum Gasteiger partial charge on any atom is -0.303 e. The summed E-state index contributed by atoms with van der Waals surface area (Å²) in [4.78, 5) is 2.24. The van der Waals surface area contributed by atoms with Crippen molar-refractivity contribution in [3.8, 4) is 6.07 Å². The van der Waals surface area contributed by atoms with Crippen LogP contribution in [0.3, 0.4) is 0 Å². The van der Waals surface area contributed by atoms with Crippen molar-refractivity contribution in [2.24, 2.45) is 0 Å². The Hall–Kier alpha value is -0.550. The van der Waals surface area contributed by atoms with Gasteiger partial charge in [-0.3, -0.25) is 0 Å². The first kappa shape index (κ1) is 10.4. The Morgan fingerprint density at radius 2 is 2.18 bits per heavy atom. The van der Waals surface area contributed by atoms with Crippen LogP contribution in [0.1, 0.15) is 33.1 Å². The normalized spacial score (nSPS) is 13.0. The molecule has 0 aromatic rings. The van der Waals surface area contributed by atoms with Gasteiger partial charge in [0.15, 0.2) is 0 Å². The van der Waals surface area contributed by atoms with E-state index in [1.807, 2.05) is 0 Å². The molecule has 0 heterocycles. The molecule has 0 aromatic heterocycles. The fourth-order valence-corrected chi connectivity index (χ4v) is 0.916. The van der Waals surface area contributed by atoms with Gasteiger partial charge in [-0.1, -0.05) is 13.3 Å². The van der Waals surface area contributed by atoms with Crippen molar-refractivity contribution in [3.63, 3.8) is 0 Å². The van der Waals surface area contributed by atoms with Gasteiger partial charge in [0.25, 0.3) is 0 Å². The lowest BCUT2D eigenvalue weighted by Gasteiger charge is -2.21. The lowest BCUT2D eigenvalue weighted by atomic mass is 10.2. The van der Waals surface area contributed by atoms with Gasteiger partial charge in [-0.2, -0.15) is 5.26 Å². The van der Waals surface area contributed by atoms with Crippen molar-refractivity contribution in [1.29, 1.82) is 5.26 Å². The highest BCUT2D eigenvalue weighted by atomic mass is 15.1. The molecule has 1 unspecified atom stereocenters. The van der Waals surface area contributed by atoms with Gasteiger partial charge >= 0.3 is 0 Å². The average molecular weight is 154 g/mol. The fraction of sp³-hybridized carbons (Fsp3) is 0.889. The Balaban J connectivity index is 3.48. The molecule has 0 rings (SSSR count). The van der Waals surface area contributed by atoms with Crippen LogP contribution in [0.25, 0.3) is 0 Å². The third kappa shape index (κ3) is 4.80. The SMILES string of the molecule is CCCCN(C)C(C)CC#N. The van der Waals surface area contributed by atoms with Gasteiger partial charge in [-0.05, 0) is 26.9 Å². The smallest absolute Gasteiger partial charge is 0.0638 e. The molecule has 2 nitrogen and oxygen atoms in total. The van der Waals surface area contributed by atoms with Crippen LogP contribution in [0.15, 0.2) is 0 Å². The summed E-state index contributed by atoms with van der Waals surface area (Å²) in [5.74, 6) is 0. The molecular formula is C9H18N2. The highest BCUT2D eigenvalue weighted by Gasteiger charge is 2.06. The summed E-state index contributed by atoms with van der Waals surface area (Å²) in [6.07, 6.45) is 3.09. The fourth-order valence-electron chi connectivity index (χ4n) is 0.916. The molecule has 0 fully saturated rings. The monoisotopic (exact) mass is 154 g/mol. The summed E-state index contributed by atoms with van der Waals surface area (Å²) >= 11 is 0. The number of hydrogen-bond acceptors (Lipinski definition) is 2. The molecule has 11 heavy (non-hydrogen) atoms. The molecule has 0 spiro atoms. The Morgan fingerprint density at radius 3 is 2.64 bits per heavy atom. The zero-order valence-corrected chi connectivity index (χ0v) is 7.80. The molecule has 2 heteroatoms. The van der Waals surface area contributed by atoms with Crippen molar-refractivity contribution in [2.75, 3.05) is 13.6 Å². The average Bonchev–Trinajstić information content (AvgIpc) is 2.00. The van der Waals surface area contributed by atoms with Gasteiger partial charge in [0.05, 0.1) is 12.5 Å². The van der Waals surface area contributed by atoms with E-state index in [-0.39, 0.29) is 0 Å². The Kier molecular flexibility index (Phi) is 5.87. The lowest BCUT2D eigenvalue weighted by Crippen LogP contribution is -2.29. The topological polar surface area (TPSA) is 27.0 Å². The zero-order valence-electron chi connectivity index (χ0n) is 7.80. The summed E-state index contributed by atoms with van der Waals surface area (Å²) in [7, 11) is 2.08. The van der Waals surface area contributed by atoms with Crippen LogP contribution in [-0.4, -0.2) is 24.5 Å². The number of rotatable bonds is 5. The molecule has 64 valence electrons. The van der Waals surface area contributed by atoms with Crippen LogP contribution in [0.5, 0.6) is 0 Å². The van der Waals surface area contributed by atoms with Crippen molar-refractivity contribution in [2.45, 2.75) is 39.2 Å². The van der Waals surface area contributed by atoms with E-state index in [4.69, 9.17) is 5.26 Å². The predicted octanol–water partition coefficient (Wildman–Crippen LogP) is 2.02. The molecule has 0 saturated carbocycles. The van der Waals surface area contributed by atoms with Gasteiger partial charge in [-0.15, -0.1) is 0 Å². The number of nitrogens with zero attached hydrogens (tertiary/aromatic N) is 2. The molecular weight excluding hydrogens is 136 g/mol. The van der Waals surface area contributed by atoms with Crippen molar-refractivity contribution in [3.05, 3.63) is 0 Å². The second kappa shape index (κ2) is 6.18. The van der Waals surface area contributed by atoms with E-state index in [9.17, 15) is 0 Å². The highest BCUT2D eigenvalue weighted by molar-refractivity contribution is 4.78. The molecule has 0 aromatic carbocycles. The van der Waals surface area contributed by atoms with E-state index in [1.54, 1.807) is 0 Å². The van der Waals surface area contributed by atoms with Crippen LogP contribution >= 0.6 is 0 Å². The Labute approximate surface area is 69.8 Å². The number of nitriles is 1. The molecule has 0 amide bonds. The van der Waals surface area contributed by atoms with Gasteiger partial charge in [0.2, 0.25) is 0 Å². The quantitative estimate of drug-likeness (QED) is 0.605. The van der Waals surface area contributed by atoms with E-state index < -0.39 is 0 Å². The zero-order chi connectivity index (χ0) is 8.69. The van der Waals surface area contributed by atoms with E-state index in [2.05, 4.69) is 31.9 Å². The minimum atomic E-state index is 0.409. The summed E-state index contributed by atoms with van der Waals surface area (Å²) in [5.41, 5.74) is 0. The van der Waals surface area contributed by atoms with Crippen molar-refractivity contribution in [1.82, 2.24) is 4.90 Å². The van der Waals surface area contributed by atoms with Crippen LogP contribution in [-0.2, 0) is 0 Å². The van der Waals surface area contributed by atoms with Crippen molar-refractivity contribution >= 4 is 0 Å². The second-order valence-electron chi connectivity index (χ2n) is 3.05. The number of hydrogen-bond donors (Lipinski definition) is 0. The molecule has 0 N–H and O–H groups in total. The third-order valence-electron chi connectivity index (χ3n) is 2.00. The van der Waals surface area contributed by atoms with Crippen LogP contribution in [0.4, 0.5) is 0 Å². The molecule has 1 atom stereocenters. The van der Waals surface area contributed by atoms with E-state index in [0.29, 0.717) is 12.5 Å². The van der Waals surface area contributed by atoms with Crippen LogP contribution in [0.2, 0.25) is 0 Å². The molecule has 0 bridgehead atoms. The first-order valence-corrected chi connectivity index (χ1v) is 4.29. The van der Waals surface area contributed by atoms with E-state index in [1.165, 1.54) is 12.8 Å². The van der Waals surface area contributed by atoms with Gasteiger partial charge in [-0.25, -0.2) is 0 Å². The lowest BCUT2D eigenvalue weighted by molar-refractivity contribution is 0.257. The number of unbranched alkanes of at least 4 members (excludes halogenated alkanes) is 1. The maximum Gasteiger partial charge on any atom is 0.0638 e. The molecule has 0 aliphatic heterocycles. The molecule has 0 aliphatic rings. The molecule has 0 saturated heterocycles. The predicted molar refractivity (Wildman–Crippen MR) is 47.2 cm³/mol. The summed E-state index contributed by atoms with van der Waals surface area (Å²) in [6, 6.07) is 2.59. The summed E-state index contributed by atoms with van der Waals surface area (Å²) in [5, 5.41) is 8.43. The third-order valence-corrected chi connectivity index (χ3v) is 2.00. The highest BCUT2D eigenvalue weighted by Crippen LogP contribution is 2.01. The van der Waals surface area contributed by atoms with Gasteiger partial charge in [0.1, 0.15) is 0 Å².